The molecule has 0 unspecified atom stereocenters. The molecular formula is C14H20O4S. The highest BCUT2D eigenvalue weighted by molar-refractivity contribution is 7.92. The predicted molar refractivity (Wildman–Crippen MR) is 75.4 cm³/mol. The van der Waals surface area contributed by atoms with Crippen LogP contribution in [0.25, 0.3) is 0 Å². The largest absolute Gasteiger partial charge is 0.384 e. The number of sulfone groups is 1. The molecule has 0 bridgehead atoms. The third-order valence-electron chi connectivity index (χ3n) is 2.85. The fourth-order valence-electron chi connectivity index (χ4n) is 1.62. The first-order valence-corrected chi connectivity index (χ1v) is 8.00. The number of hydrogen-bond donors (Lipinski definition) is 0. The van der Waals surface area contributed by atoms with Gasteiger partial charge in [0.25, 0.3) is 0 Å². The van der Waals surface area contributed by atoms with Gasteiger partial charge in [0, 0.05) is 12.7 Å². The van der Waals surface area contributed by atoms with E-state index in [0.717, 1.165) is 5.56 Å². The van der Waals surface area contributed by atoms with Crippen molar-refractivity contribution in [1.29, 1.82) is 0 Å². The van der Waals surface area contributed by atoms with Crippen molar-refractivity contribution in [1.82, 2.24) is 0 Å². The summed E-state index contributed by atoms with van der Waals surface area (Å²) in [6, 6.07) is 7.09. The number of methoxy groups -OCH3 is 1. The number of rotatable bonds is 7. The van der Waals surface area contributed by atoms with Crippen LogP contribution >= 0.6 is 0 Å². The Balaban J connectivity index is 2.73. The SMILES string of the molecule is COCCS(=O)(=O)CC(=O)c1ccc(C(C)C)cc1. The molecule has 0 radical (unpaired) electrons. The average molecular weight is 284 g/mol. The topological polar surface area (TPSA) is 60.4 Å². The van der Waals surface area contributed by atoms with Gasteiger partial charge in [-0.15, -0.1) is 0 Å². The normalized spacial score (nSPS) is 11.8. The van der Waals surface area contributed by atoms with E-state index in [1.54, 1.807) is 12.1 Å². The standard InChI is InChI=1S/C14H20O4S/c1-11(2)12-4-6-13(7-5-12)14(15)10-19(16,17)9-8-18-3/h4-7,11H,8-10H2,1-3H3. The number of hydrogen-bond acceptors (Lipinski definition) is 4. The third-order valence-corrected chi connectivity index (χ3v) is 4.34. The molecule has 1 rings (SSSR count). The minimum absolute atomic E-state index is 0.113. The lowest BCUT2D eigenvalue weighted by Crippen LogP contribution is -2.21. The van der Waals surface area contributed by atoms with Crippen LogP contribution in [0.3, 0.4) is 0 Å². The molecule has 1 aromatic carbocycles. The molecule has 0 N–H and O–H groups in total. The molecule has 0 fully saturated rings. The summed E-state index contributed by atoms with van der Waals surface area (Å²) in [7, 11) is -1.96. The van der Waals surface area contributed by atoms with E-state index < -0.39 is 15.6 Å². The van der Waals surface area contributed by atoms with E-state index in [1.165, 1.54) is 7.11 Å². The van der Waals surface area contributed by atoms with E-state index in [4.69, 9.17) is 4.74 Å². The molecule has 0 heterocycles. The summed E-state index contributed by atoms with van der Waals surface area (Å²) in [4.78, 5) is 11.9. The lowest BCUT2D eigenvalue weighted by atomic mass is 10.0. The lowest BCUT2D eigenvalue weighted by Gasteiger charge is -2.07. The Morgan fingerprint density at radius 3 is 2.26 bits per heavy atom. The van der Waals surface area contributed by atoms with Crippen molar-refractivity contribution in [3.8, 4) is 0 Å². The first-order valence-electron chi connectivity index (χ1n) is 6.18. The number of benzene rings is 1. The molecule has 0 amide bonds. The maximum atomic E-state index is 11.9. The second-order valence-corrected chi connectivity index (χ2v) is 6.97. The van der Waals surface area contributed by atoms with Crippen LogP contribution < -0.4 is 0 Å². The van der Waals surface area contributed by atoms with Gasteiger partial charge in [0.2, 0.25) is 0 Å². The Morgan fingerprint density at radius 2 is 1.79 bits per heavy atom. The first kappa shape index (κ1) is 15.9. The Hall–Kier alpha value is -1.20. The van der Waals surface area contributed by atoms with E-state index in [1.807, 2.05) is 12.1 Å². The maximum Gasteiger partial charge on any atom is 0.177 e. The molecule has 4 nitrogen and oxygen atoms in total. The van der Waals surface area contributed by atoms with Crippen molar-refractivity contribution in [2.75, 3.05) is 25.2 Å². The summed E-state index contributed by atoms with van der Waals surface area (Å²) in [5.74, 6) is -0.572. The minimum Gasteiger partial charge on any atom is -0.384 e. The lowest BCUT2D eigenvalue weighted by molar-refractivity contribution is 0.102. The Kier molecular flexibility index (Phi) is 5.69. The molecule has 0 spiro atoms. The molecule has 0 aromatic heterocycles. The molecule has 5 heteroatoms. The van der Waals surface area contributed by atoms with E-state index in [9.17, 15) is 13.2 Å². The van der Waals surface area contributed by atoms with E-state index in [-0.39, 0.29) is 18.1 Å². The van der Waals surface area contributed by atoms with Gasteiger partial charge in [-0.2, -0.15) is 0 Å². The highest BCUT2D eigenvalue weighted by Crippen LogP contribution is 2.15. The zero-order chi connectivity index (χ0) is 14.5. The van der Waals surface area contributed by atoms with Gasteiger partial charge in [-0.25, -0.2) is 8.42 Å². The molecule has 0 saturated carbocycles. The third kappa shape index (κ3) is 5.12. The van der Waals surface area contributed by atoms with Gasteiger partial charge in [-0.05, 0) is 11.5 Å². The first-order chi connectivity index (χ1) is 8.85. The van der Waals surface area contributed by atoms with E-state index in [0.29, 0.717) is 11.5 Å². The summed E-state index contributed by atoms with van der Waals surface area (Å²) in [5, 5.41) is 0. The Bertz CT molecular complexity index is 515. The maximum absolute atomic E-state index is 11.9. The summed E-state index contributed by atoms with van der Waals surface area (Å²) in [6.07, 6.45) is 0. The van der Waals surface area contributed by atoms with Crippen molar-refractivity contribution < 1.29 is 17.9 Å². The number of carbonyl (C=O) groups excluding carboxylic acids is 1. The van der Waals surface area contributed by atoms with Crippen molar-refractivity contribution in [3.05, 3.63) is 35.4 Å². The van der Waals surface area contributed by atoms with Crippen LogP contribution in [0.4, 0.5) is 0 Å². The summed E-state index contributed by atoms with van der Waals surface area (Å²) in [5.41, 5.74) is 1.56. The fourth-order valence-corrected chi connectivity index (χ4v) is 2.75. The van der Waals surface area contributed by atoms with Crippen molar-refractivity contribution in [2.45, 2.75) is 19.8 Å². The zero-order valence-electron chi connectivity index (χ0n) is 11.5. The minimum atomic E-state index is -3.39. The number of ketones is 1. The van der Waals surface area contributed by atoms with Gasteiger partial charge in [-0.1, -0.05) is 38.1 Å². The van der Waals surface area contributed by atoms with Crippen LogP contribution in [0.2, 0.25) is 0 Å². The quantitative estimate of drug-likeness (QED) is 0.719. The zero-order valence-corrected chi connectivity index (χ0v) is 12.4. The van der Waals surface area contributed by atoms with Gasteiger partial charge in [0.1, 0.15) is 5.75 Å². The molecule has 19 heavy (non-hydrogen) atoms. The van der Waals surface area contributed by atoms with Gasteiger partial charge in [-0.3, -0.25) is 4.79 Å². The van der Waals surface area contributed by atoms with Gasteiger partial charge in [0.05, 0.1) is 12.4 Å². The number of carbonyl (C=O) groups is 1. The second-order valence-electron chi connectivity index (χ2n) is 4.78. The van der Waals surface area contributed by atoms with Gasteiger partial charge < -0.3 is 4.74 Å². The van der Waals surface area contributed by atoms with Crippen LogP contribution in [0, 0.1) is 0 Å². The number of ether oxygens (including phenoxy) is 1. The molecule has 0 aliphatic rings. The molecule has 0 atom stereocenters. The number of Topliss-reactive ketones (excluding diaryl/α,β-unsaturated/α-hetero) is 1. The average Bonchev–Trinajstić information content (AvgIpc) is 2.36. The second kappa shape index (κ2) is 6.82. The summed E-state index contributed by atoms with van der Waals surface area (Å²) >= 11 is 0. The smallest absolute Gasteiger partial charge is 0.177 e. The predicted octanol–water partition coefficient (Wildman–Crippen LogP) is 2.05. The van der Waals surface area contributed by atoms with Gasteiger partial charge in [0.15, 0.2) is 15.6 Å². The van der Waals surface area contributed by atoms with Crippen molar-refractivity contribution in [2.24, 2.45) is 0 Å². The molecule has 0 saturated heterocycles. The van der Waals surface area contributed by atoms with E-state index >= 15 is 0 Å². The van der Waals surface area contributed by atoms with Crippen LogP contribution in [-0.4, -0.2) is 39.4 Å². The summed E-state index contributed by atoms with van der Waals surface area (Å²) in [6.45, 7) is 4.24. The van der Waals surface area contributed by atoms with Crippen molar-refractivity contribution >= 4 is 15.6 Å². The molecule has 0 aliphatic heterocycles. The summed E-state index contributed by atoms with van der Waals surface area (Å²) < 4.78 is 28.0. The highest BCUT2D eigenvalue weighted by atomic mass is 32.2. The van der Waals surface area contributed by atoms with Crippen LogP contribution in [0.15, 0.2) is 24.3 Å². The van der Waals surface area contributed by atoms with Crippen molar-refractivity contribution in [3.63, 3.8) is 0 Å². The molecular weight excluding hydrogens is 264 g/mol. The Labute approximate surface area is 114 Å². The van der Waals surface area contributed by atoms with Gasteiger partial charge >= 0.3 is 0 Å². The monoisotopic (exact) mass is 284 g/mol. The van der Waals surface area contributed by atoms with Crippen LogP contribution in [0.5, 0.6) is 0 Å². The van der Waals surface area contributed by atoms with E-state index in [2.05, 4.69) is 13.8 Å². The highest BCUT2D eigenvalue weighted by Gasteiger charge is 2.17. The van der Waals surface area contributed by atoms with Crippen LogP contribution in [-0.2, 0) is 14.6 Å². The Morgan fingerprint density at radius 1 is 1.21 bits per heavy atom. The van der Waals surface area contributed by atoms with Crippen LogP contribution in [0.1, 0.15) is 35.7 Å². The molecule has 0 aliphatic carbocycles. The molecule has 1 aromatic rings. The molecule has 106 valence electrons. The fraction of sp³-hybridized carbons (Fsp3) is 0.500.